The Hall–Kier alpha value is -2.57. The molecule has 0 saturated heterocycles. The molecule has 0 bridgehead atoms. The van der Waals surface area contributed by atoms with Crippen molar-refractivity contribution in [1.29, 1.82) is 0 Å². The van der Waals surface area contributed by atoms with Crippen LogP contribution in [0.3, 0.4) is 0 Å². The Labute approximate surface area is 110 Å². The van der Waals surface area contributed by atoms with E-state index in [4.69, 9.17) is 0 Å². The molecule has 2 N–H and O–H groups in total. The lowest BCUT2D eigenvalue weighted by Gasteiger charge is -2.16. The first-order chi connectivity index (χ1) is 9.19. The van der Waals surface area contributed by atoms with E-state index >= 15 is 0 Å². The lowest BCUT2D eigenvalue weighted by atomic mass is 10.4. The number of carbonyl (C=O) groups excluding carboxylic acids is 1. The normalized spacial score (nSPS) is 10.0. The number of carbonyl (C=O) groups is 1. The van der Waals surface area contributed by atoms with Gasteiger partial charge in [0.05, 0.1) is 12.8 Å². The van der Waals surface area contributed by atoms with E-state index in [9.17, 15) is 4.79 Å². The molecule has 0 aliphatic heterocycles. The van der Waals surface area contributed by atoms with Gasteiger partial charge >= 0.3 is 5.97 Å². The van der Waals surface area contributed by atoms with Crippen LogP contribution < -0.4 is 10.2 Å². The molecule has 0 fully saturated rings. The largest absolute Gasteiger partial charge is 0.468 e. The third-order valence-corrected chi connectivity index (χ3v) is 2.51. The second kappa shape index (κ2) is 5.85. The van der Waals surface area contributed by atoms with E-state index in [-0.39, 0.29) is 12.5 Å². The highest BCUT2D eigenvalue weighted by Crippen LogP contribution is 2.17. The molecule has 2 heterocycles. The predicted octanol–water partition coefficient (Wildman–Crippen LogP) is 1.16. The van der Waals surface area contributed by atoms with E-state index in [2.05, 4.69) is 25.0 Å². The fraction of sp³-hybridized carbons (Fsp3) is 0.250. The van der Waals surface area contributed by atoms with E-state index < -0.39 is 0 Å². The predicted molar refractivity (Wildman–Crippen MR) is 71.4 cm³/mol. The number of aromatic nitrogens is 3. The van der Waals surface area contributed by atoms with Crippen molar-refractivity contribution >= 4 is 23.3 Å². The summed E-state index contributed by atoms with van der Waals surface area (Å²) in [5.74, 6) is 0.973. The van der Waals surface area contributed by atoms with Gasteiger partial charge in [0.25, 0.3) is 0 Å². The first kappa shape index (κ1) is 12.9. The summed E-state index contributed by atoms with van der Waals surface area (Å²) in [6, 6.07) is 3.65. The van der Waals surface area contributed by atoms with Gasteiger partial charge in [-0.1, -0.05) is 0 Å². The number of nitrogens with zero attached hydrogens (tertiary/aromatic N) is 3. The summed E-state index contributed by atoms with van der Waals surface area (Å²) >= 11 is 0. The van der Waals surface area contributed by atoms with Gasteiger partial charge in [-0.2, -0.15) is 0 Å². The molecule has 0 aliphatic carbocycles. The molecule has 2 aromatic heterocycles. The smallest absolute Gasteiger partial charge is 0.325 e. The molecule has 0 aliphatic rings. The average Bonchev–Trinajstić information content (AvgIpc) is 2.91. The van der Waals surface area contributed by atoms with Gasteiger partial charge in [-0.05, 0) is 6.07 Å². The number of hydrogen-bond acceptors (Lipinski definition) is 6. The van der Waals surface area contributed by atoms with Gasteiger partial charge in [0.15, 0.2) is 0 Å². The number of esters is 1. The number of nitrogens with one attached hydrogen (secondary N) is 2. The van der Waals surface area contributed by atoms with Crippen LogP contribution in [-0.2, 0) is 9.53 Å². The number of rotatable bonds is 5. The first-order valence-corrected chi connectivity index (χ1v) is 5.69. The summed E-state index contributed by atoms with van der Waals surface area (Å²) in [4.78, 5) is 24.1. The Kier molecular flexibility index (Phi) is 3.97. The van der Waals surface area contributed by atoms with Crippen LogP contribution in [0.2, 0.25) is 0 Å². The summed E-state index contributed by atoms with van der Waals surface area (Å²) < 4.78 is 4.61. The second-order valence-electron chi connectivity index (χ2n) is 3.92. The summed E-state index contributed by atoms with van der Waals surface area (Å²) in [6.45, 7) is 0.136. The zero-order valence-corrected chi connectivity index (χ0v) is 10.8. The Morgan fingerprint density at radius 1 is 1.53 bits per heavy atom. The monoisotopic (exact) mass is 261 g/mol. The van der Waals surface area contributed by atoms with Crippen LogP contribution in [0.5, 0.6) is 0 Å². The van der Waals surface area contributed by atoms with Crippen molar-refractivity contribution < 1.29 is 9.53 Å². The Morgan fingerprint density at radius 2 is 2.37 bits per heavy atom. The number of likely N-dealkylation sites (N-methyl/N-ethyl adjacent to an activating group) is 1. The molecule has 0 saturated carbocycles. The highest BCUT2D eigenvalue weighted by Gasteiger charge is 2.09. The molecule has 0 radical (unpaired) electrons. The number of methoxy groups -OCH3 is 1. The SMILES string of the molecule is COC(=O)CN(C)c1cc(Nc2cc[nH]c2)ncn1. The maximum Gasteiger partial charge on any atom is 0.325 e. The van der Waals surface area contributed by atoms with Crippen molar-refractivity contribution in [2.24, 2.45) is 0 Å². The highest BCUT2D eigenvalue weighted by atomic mass is 16.5. The number of hydrogen-bond donors (Lipinski definition) is 2. The highest BCUT2D eigenvalue weighted by molar-refractivity contribution is 5.75. The summed E-state index contributed by atoms with van der Waals surface area (Å²) in [6.07, 6.45) is 5.08. The number of H-pyrrole nitrogens is 1. The minimum atomic E-state index is -0.318. The van der Waals surface area contributed by atoms with Gasteiger partial charge in [-0.15, -0.1) is 0 Å². The van der Waals surface area contributed by atoms with Crippen LogP contribution in [0.4, 0.5) is 17.3 Å². The summed E-state index contributed by atoms with van der Waals surface area (Å²) in [7, 11) is 3.12. The zero-order chi connectivity index (χ0) is 13.7. The van der Waals surface area contributed by atoms with Crippen LogP contribution in [0, 0.1) is 0 Å². The summed E-state index contributed by atoms with van der Waals surface area (Å²) in [5, 5.41) is 3.12. The molecule has 7 heteroatoms. The average molecular weight is 261 g/mol. The lowest BCUT2D eigenvalue weighted by Crippen LogP contribution is -2.27. The van der Waals surface area contributed by atoms with Crippen molar-refractivity contribution in [3.63, 3.8) is 0 Å². The molecule has 0 aromatic carbocycles. The molecule has 0 spiro atoms. The van der Waals surface area contributed by atoms with E-state index in [1.807, 2.05) is 18.5 Å². The van der Waals surface area contributed by atoms with Gasteiger partial charge in [-0.3, -0.25) is 4.79 Å². The van der Waals surface area contributed by atoms with Crippen molar-refractivity contribution in [2.45, 2.75) is 0 Å². The fourth-order valence-corrected chi connectivity index (χ4v) is 1.51. The van der Waals surface area contributed by atoms with Crippen LogP contribution in [0.15, 0.2) is 30.9 Å². The molecule has 2 rings (SSSR count). The van der Waals surface area contributed by atoms with Gasteiger partial charge in [-0.25, -0.2) is 9.97 Å². The van der Waals surface area contributed by atoms with E-state index in [1.54, 1.807) is 18.0 Å². The summed E-state index contributed by atoms with van der Waals surface area (Å²) in [5.41, 5.74) is 0.903. The number of ether oxygens (including phenoxy) is 1. The Balaban J connectivity index is 2.08. The standard InChI is InChI=1S/C12H15N5O2/c1-17(7-12(18)19-2)11-5-10(14-8-15-11)16-9-3-4-13-6-9/h3-6,8,13H,7H2,1-2H3,(H,14,15,16). The zero-order valence-electron chi connectivity index (χ0n) is 10.8. The van der Waals surface area contributed by atoms with Gasteiger partial charge < -0.3 is 19.9 Å². The Bertz CT molecular complexity index is 541. The van der Waals surface area contributed by atoms with Crippen molar-refractivity contribution in [3.8, 4) is 0 Å². The second-order valence-corrected chi connectivity index (χ2v) is 3.92. The molecular weight excluding hydrogens is 246 g/mol. The minimum Gasteiger partial charge on any atom is -0.468 e. The van der Waals surface area contributed by atoms with Crippen LogP contribution >= 0.6 is 0 Å². The van der Waals surface area contributed by atoms with Crippen molar-refractivity contribution in [2.75, 3.05) is 30.9 Å². The molecular formula is C12H15N5O2. The van der Waals surface area contributed by atoms with Gasteiger partial charge in [0, 0.05) is 25.5 Å². The number of anilines is 3. The van der Waals surface area contributed by atoms with E-state index in [0.29, 0.717) is 11.6 Å². The lowest BCUT2D eigenvalue weighted by molar-refractivity contribution is -0.138. The maximum absolute atomic E-state index is 11.2. The Morgan fingerprint density at radius 3 is 3.05 bits per heavy atom. The van der Waals surface area contributed by atoms with Crippen molar-refractivity contribution in [3.05, 3.63) is 30.9 Å². The molecule has 0 atom stereocenters. The van der Waals surface area contributed by atoms with Crippen molar-refractivity contribution in [1.82, 2.24) is 15.0 Å². The fourth-order valence-electron chi connectivity index (χ4n) is 1.51. The molecule has 100 valence electrons. The van der Waals surface area contributed by atoms with Crippen LogP contribution in [-0.4, -0.2) is 41.6 Å². The first-order valence-electron chi connectivity index (χ1n) is 5.69. The topological polar surface area (TPSA) is 83.1 Å². The molecule has 0 unspecified atom stereocenters. The van der Waals surface area contributed by atoms with E-state index in [0.717, 1.165) is 5.69 Å². The number of aromatic amines is 1. The van der Waals surface area contributed by atoms with Crippen LogP contribution in [0.1, 0.15) is 0 Å². The third kappa shape index (κ3) is 3.44. The van der Waals surface area contributed by atoms with Crippen LogP contribution in [0.25, 0.3) is 0 Å². The molecule has 0 amide bonds. The van der Waals surface area contributed by atoms with E-state index in [1.165, 1.54) is 13.4 Å². The van der Waals surface area contributed by atoms with Gasteiger partial charge in [0.1, 0.15) is 24.5 Å². The maximum atomic E-state index is 11.2. The quantitative estimate of drug-likeness (QED) is 0.786. The third-order valence-electron chi connectivity index (χ3n) is 2.51. The molecule has 19 heavy (non-hydrogen) atoms. The molecule has 2 aromatic rings. The van der Waals surface area contributed by atoms with Gasteiger partial charge in [0.2, 0.25) is 0 Å². The molecule has 7 nitrogen and oxygen atoms in total. The minimum absolute atomic E-state index is 0.136.